The number of nitrogens with one attached hydrogen (secondary N) is 1. The molecule has 0 heterocycles. The molecular formula is C14H11Cl3N2O. The molecule has 0 unspecified atom stereocenters. The highest BCUT2D eigenvalue weighted by Crippen LogP contribution is 2.37. The van der Waals surface area contributed by atoms with E-state index in [1.165, 1.54) is 12.1 Å². The van der Waals surface area contributed by atoms with Crippen molar-refractivity contribution in [3.8, 4) is 11.5 Å². The van der Waals surface area contributed by atoms with Gasteiger partial charge >= 0.3 is 0 Å². The van der Waals surface area contributed by atoms with Crippen LogP contribution in [0.5, 0.6) is 11.5 Å². The van der Waals surface area contributed by atoms with Crippen LogP contribution < -0.4 is 10.5 Å². The number of amidine groups is 1. The Bertz CT molecular complexity index is 686. The summed E-state index contributed by atoms with van der Waals surface area (Å²) in [7, 11) is 0. The van der Waals surface area contributed by atoms with Crippen LogP contribution >= 0.6 is 34.8 Å². The van der Waals surface area contributed by atoms with Crippen molar-refractivity contribution in [2.24, 2.45) is 5.73 Å². The summed E-state index contributed by atoms with van der Waals surface area (Å²) >= 11 is 17.9. The molecule has 2 aromatic rings. The highest BCUT2D eigenvalue weighted by atomic mass is 35.5. The zero-order valence-corrected chi connectivity index (χ0v) is 12.8. The van der Waals surface area contributed by atoms with Gasteiger partial charge in [0.05, 0.1) is 20.6 Å². The Balaban J connectivity index is 2.45. The number of nitrogen functional groups attached to an aromatic ring is 1. The lowest BCUT2D eigenvalue weighted by molar-refractivity contribution is 0.481. The highest BCUT2D eigenvalue weighted by Gasteiger charge is 2.12. The fourth-order valence-electron chi connectivity index (χ4n) is 1.64. The lowest BCUT2D eigenvalue weighted by atomic mass is 10.1. The molecule has 0 saturated carbocycles. The van der Waals surface area contributed by atoms with Crippen LogP contribution in [0.4, 0.5) is 0 Å². The molecular weight excluding hydrogens is 319 g/mol. The highest BCUT2D eigenvalue weighted by molar-refractivity contribution is 6.43. The summed E-state index contributed by atoms with van der Waals surface area (Å²) in [5, 5.41) is 8.60. The van der Waals surface area contributed by atoms with E-state index in [2.05, 4.69) is 0 Å². The Kier molecular flexibility index (Phi) is 4.43. The molecule has 0 aliphatic rings. The van der Waals surface area contributed by atoms with Crippen LogP contribution in [0.2, 0.25) is 15.1 Å². The summed E-state index contributed by atoms with van der Waals surface area (Å²) in [4.78, 5) is 0. The van der Waals surface area contributed by atoms with E-state index in [4.69, 9.17) is 50.7 Å². The number of hydrogen-bond donors (Lipinski definition) is 2. The summed E-state index contributed by atoms with van der Waals surface area (Å²) in [6, 6.07) is 8.37. The predicted molar refractivity (Wildman–Crippen MR) is 83.7 cm³/mol. The quantitative estimate of drug-likeness (QED) is 0.471. The topological polar surface area (TPSA) is 59.1 Å². The molecule has 0 amide bonds. The van der Waals surface area contributed by atoms with Gasteiger partial charge in [-0.25, -0.2) is 0 Å². The van der Waals surface area contributed by atoms with Crippen molar-refractivity contribution in [2.45, 2.75) is 6.92 Å². The van der Waals surface area contributed by atoms with Crippen molar-refractivity contribution < 1.29 is 4.74 Å². The standard InChI is InChI=1S/C14H11Cl3N2O/c1-7-2-3-12(8(4-7)14(18)19)20-13-6-10(16)9(15)5-11(13)17/h2-6H,1H3,(H3,18,19). The van der Waals surface area contributed by atoms with Gasteiger partial charge < -0.3 is 10.5 Å². The molecule has 0 aliphatic carbocycles. The van der Waals surface area contributed by atoms with Crippen molar-refractivity contribution in [2.75, 3.05) is 0 Å². The molecule has 0 saturated heterocycles. The van der Waals surface area contributed by atoms with E-state index in [0.717, 1.165) is 5.56 Å². The van der Waals surface area contributed by atoms with Gasteiger partial charge in [-0.05, 0) is 25.1 Å². The second-order valence-corrected chi connectivity index (χ2v) is 5.43. The third-order valence-electron chi connectivity index (χ3n) is 2.62. The molecule has 6 heteroatoms. The van der Waals surface area contributed by atoms with Gasteiger partial charge in [-0.15, -0.1) is 0 Å². The summed E-state index contributed by atoms with van der Waals surface area (Å²) < 4.78 is 5.70. The minimum atomic E-state index is -0.0834. The smallest absolute Gasteiger partial charge is 0.147 e. The Morgan fingerprint density at radius 2 is 1.65 bits per heavy atom. The first-order chi connectivity index (χ1) is 9.38. The second-order valence-electron chi connectivity index (χ2n) is 4.21. The third-order valence-corrected chi connectivity index (χ3v) is 3.64. The molecule has 104 valence electrons. The lowest BCUT2D eigenvalue weighted by Gasteiger charge is -2.13. The molecule has 0 aromatic heterocycles. The van der Waals surface area contributed by atoms with E-state index in [1.54, 1.807) is 12.1 Å². The number of nitrogens with two attached hydrogens (primary N) is 1. The Labute approximate surface area is 131 Å². The maximum Gasteiger partial charge on any atom is 0.147 e. The summed E-state index contributed by atoms with van der Waals surface area (Å²) in [6.45, 7) is 1.91. The fourth-order valence-corrected chi connectivity index (χ4v) is 2.22. The zero-order chi connectivity index (χ0) is 14.9. The molecule has 3 nitrogen and oxygen atoms in total. The first-order valence-corrected chi connectivity index (χ1v) is 6.79. The number of halogens is 3. The van der Waals surface area contributed by atoms with Gasteiger partial charge in [0.2, 0.25) is 0 Å². The van der Waals surface area contributed by atoms with Crippen LogP contribution in [0.1, 0.15) is 11.1 Å². The van der Waals surface area contributed by atoms with Crippen LogP contribution in [0.25, 0.3) is 0 Å². The van der Waals surface area contributed by atoms with Gasteiger partial charge in [0.1, 0.15) is 17.3 Å². The number of rotatable bonds is 3. The Morgan fingerprint density at radius 1 is 1.00 bits per heavy atom. The third kappa shape index (κ3) is 3.18. The van der Waals surface area contributed by atoms with Gasteiger partial charge in [0.25, 0.3) is 0 Å². The molecule has 0 aliphatic heterocycles. The number of aryl methyl sites for hydroxylation is 1. The van der Waals surface area contributed by atoms with Gasteiger partial charge in [0, 0.05) is 6.07 Å². The van der Waals surface area contributed by atoms with Crippen LogP contribution in [0, 0.1) is 12.3 Å². The van der Waals surface area contributed by atoms with Crippen LogP contribution in [0.15, 0.2) is 30.3 Å². The molecule has 20 heavy (non-hydrogen) atoms. The summed E-state index contributed by atoms with van der Waals surface area (Å²) in [6.07, 6.45) is 0. The van der Waals surface area contributed by atoms with Crippen molar-refractivity contribution in [1.29, 1.82) is 5.41 Å². The molecule has 0 radical (unpaired) electrons. The molecule has 3 N–H and O–H groups in total. The molecule has 0 atom stereocenters. The normalized spacial score (nSPS) is 10.4. The first-order valence-electron chi connectivity index (χ1n) is 5.66. The van der Waals surface area contributed by atoms with E-state index >= 15 is 0 Å². The number of benzene rings is 2. The minimum absolute atomic E-state index is 0.0834. The first kappa shape index (κ1) is 15.0. The lowest BCUT2D eigenvalue weighted by Crippen LogP contribution is -2.12. The monoisotopic (exact) mass is 328 g/mol. The van der Waals surface area contributed by atoms with Crippen LogP contribution in [-0.4, -0.2) is 5.84 Å². The largest absolute Gasteiger partial charge is 0.455 e. The molecule has 2 rings (SSSR count). The zero-order valence-electron chi connectivity index (χ0n) is 10.5. The van der Waals surface area contributed by atoms with Crippen molar-refractivity contribution in [3.63, 3.8) is 0 Å². The summed E-state index contributed by atoms with van der Waals surface area (Å²) in [5.41, 5.74) is 7.02. The van der Waals surface area contributed by atoms with Crippen molar-refractivity contribution in [3.05, 3.63) is 56.5 Å². The average molecular weight is 330 g/mol. The minimum Gasteiger partial charge on any atom is -0.455 e. The average Bonchev–Trinajstić information content (AvgIpc) is 2.37. The maximum absolute atomic E-state index is 7.59. The van der Waals surface area contributed by atoms with E-state index in [9.17, 15) is 0 Å². The van der Waals surface area contributed by atoms with Crippen molar-refractivity contribution >= 4 is 40.6 Å². The number of ether oxygens (including phenoxy) is 1. The Morgan fingerprint density at radius 3 is 2.30 bits per heavy atom. The SMILES string of the molecule is Cc1ccc(Oc2cc(Cl)c(Cl)cc2Cl)c(C(=N)N)c1. The maximum atomic E-state index is 7.59. The Hall–Kier alpha value is -1.42. The van der Waals surface area contributed by atoms with Gasteiger partial charge in [0.15, 0.2) is 0 Å². The van der Waals surface area contributed by atoms with Gasteiger partial charge in [-0.3, -0.25) is 5.41 Å². The van der Waals surface area contributed by atoms with E-state index in [-0.39, 0.29) is 5.84 Å². The molecule has 0 spiro atoms. The number of hydrogen-bond acceptors (Lipinski definition) is 2. The molecule has 0 bridgehead atoms. The van der Waals surface area contributed by atoms with Crippen LogP contribution in [-0.2, 0) is 0 Å². The van der Waals surface area contributed by atoms with Gasteiger partial charge in [-0.2, -0.15) is 0 Å². The molecule has 0 fully saturated rings. The fraction of sp³-hybridized carbons (Fsp3) is 0.0714. The second kappa shape index (κ2) is 5.92. The van der Waals surface area contributed by atoms with E-state index < -0.39 is 0 Å². The van der Waals surface area contributed by atoms with Crippen molar-refractivity contribution in [1.82, 2.24) is 0 Å². The van der Waals surface area contributed by atoms with E-state index in [1.807, 2.05) is 13.0 Å². The van der Waals surface area contributed by atoms with E-state index in [0.29, 0.717) is 32.1 Å². The molecule has 2 aromatic carbocycles. The summed E-state index contributed by atoms with van der Waals surface area (Å²) in [5.74, 6) is 0.704. The van der Waals surface area contributed by atoms with Crippen LogP contribution in [0.3, 0.4) is 0 Å². The predicted octanol–water partition coefficient (Wildman–Crippen LogP) is 5.03. The van der Waals surface area contributed by atoms with Gasteiger partial charge in [-0.1, -0.05) is 46.4 Å².